The van der Waals surface area contributed by atoms with Gasteiger partial charge >= 0.3 is 5.97 Å². The van der Waals surface area contributed by atoms with Crippen LogP contribution in [0.3, 0.4) is 0 Å². The summed E-state index contributed by atoms with van der Waals surface area (Å²) in [5.41, 5.74) is 1.62. The van der Waals surface area contributed by atoms with Crippen LogP contribution in [0.15, 0.2) is 54.6 Å². The lowest BCUT2D eigenvalue weighted by molar-refractivity contribution is -0.149. The van der Waals surface area contributed by atoms with Crippen molar-refractivity contribution in [1.29, 1.82) is 0 Å². The SMILES string of the molecule is CCOC(=O)C1CCN(C(C(=O)Nc2cccc(OC)c2)c2ccccc2)CC1. The molecule has 3 rings (SSSR count). The molecule has 1 aliphatic heterocycles. The van der Waals surface area contributed by atoms with Crippen molar-refractivity contribution in [2.24, 2.45) is 5.92 Å². The molecule has 6 nitrogen and oxygen atoms in total. The van der Waals surface area contributed by atoms with Crippen molar-refractivity contribution in [3.8, 4) is 5.75 Å². The van der Waals surface area contributed by atoms with E-state index in [0.717, 1.165) is 5.56 Å². The molecule has 2 aromatic rings. The van der Waals surface area contributed by atoms with E-state index in [1.165, 1.54) is 0 Å². The largest absolute Gasteiger partial charge is 0.497 e. The lowest BCUT2D eigenvalue weighted by atomic mass is 9.94. The molecule has 1 fully saturated rings. The molecule has 0 aromatic heterocycles. The summed E-state index contributed by atoms with van der Waals surface area (Å²) < 4.78 is 10.4. The number of anilines is 1. The highest BCUT2D eigenvalue weighted by Crippen LogP contribution is 2.29. The molecule has 0 radical (unpaired) electrons. The Morgan fingerprint density at radius 1 is 1.10 bits per heavy atom. The number of methoxy groups -OCH3 is 1. The lowest BCUT2D eigenvalue weighted by Gasteiger charge is -2.36. The number of likely N-dealkylation sites (tertiary alicyclic amines) is 1. The second kappa shape index (κ2) is 10.1. The summed E-state index contributed by atoms with van der Waals surface area (Å²) in [6, 6.07) is 16.6. The van der Waals surface area contributed by atoms with Gasteiger partial charge in [-0.1, -0.05) is 36.4 Å². The molecule has 1 aliphatic rings. The summed E-state index contributed by atoms with van der Waals surface area (Å²) in [6.07, 6.45) is 1.38. The maximum absolute atomic E-state index is 13.2. The maximum atomic E-state index is 13.2. The van der Waals surface area contributed by atoms with Crippen LogP contribution in [0.5, 0.6) is 5.75 Å². The number of rotatable bonds is 7. The second-order valence-corrected chi connectivity index (χ2v) is 7.10. The number of carbonyl (C=O) groups is 2. The van der Waals surface area contributed by atoms with E-state index in [1.807, 2.05) is 55.5 Å². The molecule has 29 heavy (non-hydrogen) atoms. The number of nitrogens with one attached hydrogen (secondary N) is 1. The van der Waals surface area contributed by atoms with Gasteiger partial charge in [-0.05, 0) is 37.5 Å². The van der Waals surface area contributed by atoms with E-state index in [4.69, 9.17) is 9.47 Å². The lowest BCUT2D eigenvalue weighted by Crippen LogP contribution is -2.43. The van der Waals surface area contributed by atoms with Crippen molar-refractivity contribution in [3.63, 3.8) is 0 Å². The Kier molecular flexibility index (Phi) is 7.25. The molecule has 154 valence electrons. The molecule has 1 amide bonds. The quantitative estimate of drug-likeness (QED) is 0.724. The van der Waals surface area contributed by atoms with Crippen molar-refractivity contribution in [3.05, 3.63) is 60.2 Å². The summed E-state index contributed by atoms with van der Waals surface area (Å²) in [6.45, 7) is 3.54. The molecule has 2 aromatic carbocycles. The highest BCUT2D eigenvalue weighted by atomic mass is 16.5. The first-order valence-electron chi connectivity index (χ1n) is 10.0. The average molecular weight is 396 g/mol. The fraction of sp³-hybridized carbons (Fsp3) is 0.391. The second-order valence-electron chi connectivity index (χ2n) is 7.10. The molecule has 0 aliphatic carbocycles. The first-order chi connectivity index (χ1) is 14.1. The van der Waals surface area contributed by atoms with Crippen molar-refractivity contribution >= 4 is 17.6 Å². The number of carbonyl (C=O) groups excluding carboxylic acids is 2. The Labute approximate surface area is 171 Å². The van der Waals surface area contributed by atoms with Gasteiger partial charge in [0.15, 0.2) is 0 Å². The summed E-state index contributed by atoms with van der Waals surface area (Å²) in [5, 5.41) is 3.01. The van der Waals surface area contributed by atoms with Gasteiger partial charge in [-0.3, -0.25) is 14.5 Å². The number of hydrogen-bond acceptors (Lipinski definition) is 5. The van der Waals surface area contributed by atoms with Crippen LogP contribution in [0.2, 0.25) is 0 Å². The number of hydrogen-bond donors (Lipinski definition) is 1. The smallest absolute Gasteiger partial charge is 0.309 e. The minimum atomic E-state index is -0.425. The maximum Gasteiger partial charge on any atom is 0.309 e. The number of amides is 1. The number of esters is 1. The minimum Gasteiger partial charge on any atom is -0.497 e. The molecule has 1 saturated heterocycles. The van der Waals surface area contributed by atoms with Crippen LogP contribution in [0.1, 0.15) is 31.4 Å². The Morgan fingerprint density at radius 2 is 1.83 bits per heavy atom. The Bertz CT molecular complexity index is 817. The van der Waals surface area contributed by atoms with Crippen LogP contribution in [-0.4, -0.2) is 43.6 Å². The highest BCUT2D eigenvalue weighted by Gasteiger charge is 2.33. The third-order valence-electron chi connectivity index (χ3n) is 5.22. The van der Waals surface area contributed by atoms with Crippen LogP contribution in [-0.2, 0) is 14.3 Å². The van der Waals surface area contributed by atoms with Gasteiger partial charge in [0, 0.05) is 24.8 Å². The van der Waals surface area contributed by atoms with Crippen molar-refractivity contribution in [1.82, 2.24) is 4.90 Å². The molecule has 6 heteroatoms. The molecule has 0 saturated carbocycles. The summed E-state index contributed by atoms with van der Waals surface area (Å²) in [7, 11) is 1.60. The number of benzene rings is 2. The Balaban J connectivity index is 1.75. The predicted molar refractivity (Wildman–Crippen MR) is 112 cm³/mol. The number of ether oxygens (including phenoxy) is 2. The van der Waals surface area contributed by atoms with E-state index < -0.39 is 6.04 Å². The van der Waals surface area contributed by atoms with Gasteiger partial charge < -0.3 is 14.8 Å². The summed E-state index contributed by atoms with van der Waals surface area (Å²) in [4.78, 5) is 27.4. The summed E-state index contributed by atoms with van der Waals surface area (Å²) >= 11 is 0. The van der Waals surface area contributed by atoms with Gasteiger partial charge in [-0.15, -0.1) is 0 Å². The van der Waals surface area contributed by atoms with E-state index in [2.05, 4.69) is 10.2 Å². The molecule has 0 bridgehead atoms. The third kappa shape index (κ3) is 5.35. The predicted octanol–water partition coefficient (Wildman–Crippen LogP) is 3.65. The van der Waals surface area contributed by atoms with E-state index in [-0.39, 0.29) is 17.8 Å². The fourth-order valence-corrected chi connectivity index (χ4v) is 3.73. The Hall–Kier alpha value is -2.86. The van der Waals surface area contributed by atoms with E-state index >= 15 is 0 Å². The van der Waals surface area contributed by atoms with Crippen LogP contribution in [0.25, 0.3) is 0 Å². The van der Waals surface area contributed by atoms with Crippen LogP contribution >= 0.6 is 0 Å². The van der Waals surface area contributed by atoms with Gasteiger partial charge in [0.2, 0.25) is 5.91 Å². The zero-order valence-electron chi connectivity index (χ0n) is 17.0. The van der Waals surface area contributed by atoms with Gasteiger partial charge in [-0.25, -0.2) is 0 Å². The van der Waals surface area contributed by atoms with Crippen LogP contribution in [0, 0.1) is 5.92 Å². The number of piperidine rings is 1. The van der Waals surface area contributed by atoms with Crippen molar-refractivity contribution in [2.75, 3.05) is 32.1 Å². The van der Waals surface area contributed by atoms with Crippen molar-refractivity contribution in [2.45, 2.75) is 25.8 Å². The van der Waals surface area contributed by atoms with E-state index in [1.54, 1.807) is 13.2 Å². The average Bonchev–Trinajstić information content (AvgIpc) is 2.75. The third-order valence-corrected chi connectivity index (χ3v) is 5.22. The molecular formula is C23H28N2O4. The zero-order valence-corrected chi connectivity index (χ0v) is 17.0. The normalized spacial score (nSPS) is 16.1. The fourth-order valence-electron chi connectivity index (χ4n) is 3.73. The molecule has 1 heterocycles. The van der Waals surface area contributed by atoms with Gasteiger partial charge in [0.25, 0.3) is 0 Å². The highest BCUT2D eigenvalue weighted by molar-refractivity contribution is 5.95. The van der Waals surface area contributed by atoms with Crippen molar-refractivity contribution < 1.29 is 19.1 Å². The molecule has 1 N–H and O–H groups in total. The standard InChI is InChI=1S/C23H28N2O4/c1-3-29-23(27)18-12-14-25(15-13-18)21(17-8-5-4-6-9-17)22(26)24-19-10-7-11-20(16-19)28-2/h4-11,16,18,21H,3,12-15H2,1-2H3,(H,24,26). The van der Waals surface area contributed by atoms with Gasteiger partial charge in [0.05, 0.1) is 19.6 Å². The van der Waals surface area contributed by atoms with Gasteiger partial charge in [0.1, 0.15) is 11.8 Å². The molecule has 1 unspecified atom stereocenters. The topological polar surface area (TPSA) is 67.9 Å². The zero-order chi connectivity index (χ0) is 20.6. The van der Waals surface area contributed by atoms with Gasteiger partial charge in [-0.2, -0.15) is 0 Å². The van der Waals surface area contributed by atoms with Crippen LogP contribution < -0.4 is 10.1 Å². The molecule has 0 spiro atoms. The Morgan fingerprint density at radius 3 is 2.48 bits per heavy atom. The van der Waals surface area contributed by atoms with E-state index in [9.17, 15) is 9.59 Å². The minimum absolute atomic E-state index is 0.0935. The first kappa shape index (κ1) is 20.9. The molecule has 1 atom stereocenters. The van der Waals surface area contributed by atoms with E-state index in [0.29, 0.717) is 44.0 Å². The number of nitrogens with zero attached hydrogens (tertiary/aromatic N) is 1. The summed E-state index contributed by atoms with van der Waals surface area (Å²) in [5.74, 6) is 0.363. The van der Waals surface area contributed by atoms with Crippen LogP contribution in [0.4, 0.5) is 5.69 Å². The first-order valence-corrected chi connectivity index (χ1v) is 10.0. The molecular weight excluding hydrogens is 368 g/mol. The monoisotopic (exact) mass is 396 g/mol.